The van der Waals surface area contributed by atoms with Crippen LogP contribution in [0.15, 0.2) is 64.4 Å². The molecule has 164 valence electrons. The first kappa shape index (κ1) is 20.2. The number of nitrogens with one attached hydrogen (secondary N) is 1. The second-order valence-electron chi connectivity index (χ2n) is 9.06. The predicted molar refractivity (Wildman–Crippen MR) is 126 cm³/mol. The van der Waals surface area contributed by atoms with Gasteiger partial charge < -0.3 is 5.32 Å². The van der Waals surface area contributed by atoms with Gasteiger partial charge in [0.15, 0.2) is 0 Å². The van der Waals surface area contributed by atoms with Crippen molar-refractivity contribution < 1.29 is 9.18 Å². The molecule has 2 bridgehead atoms. The van der Waals surface area contributed by atoms with Gasteiger partial charge in [0.1, 0.15) is 12.4 Å². The summed E-state index contributed by atoms with van der Waals surface area (Å²) in [5, 5.41) is 4.28. The van der Waals surface area contributed by atoms with E-state index in [2.05, 4.69) is 5.32 Å². The molecule has 0 radical (unpaired) electrons. The number of benzene rings is 2. The van der Waals surface area contributed by atoms with Crippen LogP contribution in [0.2, 0.25) is 0 Å². The number of anilines is 1. The first-order valence-corrected chi connectivity index (χ1v) is 12.8. The van der Waals surface area contributed by atoms with Crippen molar-refractivity contribution in [2.24, 2.45) is 17.8 Å². The number of para-hydroxylation sites is 1. The first-order chi connectivity index (χ1) is 15.6. The Kier molecular flexibility index (Phi) is 4.99. The number of carbonyl (C=O) groups is 1. The van der Waals surface area contributed by atoms with Gasteiger partial charge in [0.2, 0.25) is 5.91 Å². The van der Waals surface area contributed by atoms with E-state index in [-0.39, 0.29) is 29.1 Å². The lowest BCUT2D eigenvalue weighted by molar-refractivity contribution is -0.116. The predicted octanol–water partition coefficient (Wildman–Crippen LogP) is 5.34. The van der Waals surface area contributed by atoms with Gasteiger partial charge in [0, 0.05) is 21.7 Å². The van der Waals surface area contributed by atoms with E-state index in [0.29, 0.717) is 23.0 Å². The Morgan fingerprint density at radius 1 is 1.06 bits per heavy atom. The molecule has 3 aliphatic rings. The molecule has 4 unspecified atom stereocenters. The molecular weight excluding hydrogens is 443 g/mol. The summed E-state index contributed by atoms with van der Waals surface area (Å²) in [5.74, 6) is 1.45. The molecule has 2 aromatic carbocycles. The van der Waals surface area contributed by atoms with Crippen LogP contribution in [0, 0.1) is 23.6 Å². The lowest BCUT2D eigenvalue weighted by Gasteiger charge is -2.40. The number of hydrogen-bond acceptors (Lipinski definition) is 4. The Morgan fingerprint density at radius 2 is 1.81 bits per heavy atom. The molecule has 1 aromatic heterocycles. The molecule has 6 rings (SSSR count). The summed E-state index contributed by atoms with van der Waals surface area (Å²) in [7, 11) is 0. The number of thioether (sulfide) groups is 1. The Balaban J connectivity index is 1.38. The molecule has 5 atom stereocenters. The molecule has 1 amide bonds. The standard InChI is InChI=1S/C25H23FN2O2S2/c26-17-10-8-14(9-11-17)20-21-15-6-7-16(12-15)22(21)31-24-23(20)32-25(30)28(24)13-19(29)27-18-4-2-1-3-5-18/h1-5,8-11,15-16,20-22H,6-7,12-13H2,(H,27,29)/t15?,16?,20-,21?,22?/m1/s1. The van der Waals surface area contributed by atoms with E-state index in [4.69, 9.17) is 0 Å². The highest BCUT2D eigenvalue weighted by Crippen LogP contribution is 2.63. The van der Waals surface area contributed by atoms with Gasteiger partial charge in [-0.25, -0.2) is 4.39 Å². The number of amides is 1. The van der Waals surface area contributed by atoms with Crippen LogP contribution in [0.4, 0.5) is 10.1 Å². The number of fused-ring (bicyclic) bond motifs is 6. The van der Waals surface area contributed by atoms with Crippen molar-refractivity contribution in [2.75, 3.05) is 5.32 Å². The molecular formula is C25H23FN2O2S2. The number of halogens is 1. The van der Waals surface area contributed by atoms with Gasteiger partial charge in [-0.3, -0.25) is 14.2 Å². The van der Waals surface area contributed by atoms with E-state index >= 15 is 0 Å². The van der Waals surface area contributed by atoms with Crippen molar-refractivity contribution in [2.45, 2.75) is 42.0 Å². The number of aromatic nitrogens is 1. The van der Waals surface area contributed by atoms with Gasteiger partial charge in [-0.05, 0) is 66.8 Å². The number of rotatable bonds is 4. The maximum Gasteiger partial charge on any atom is 0.308 e. The van der Waals surface area contributed by atoms with Gasteiger partial charge in [-0.2, -0.15) is 0 Å². The monoisotopic (exact) mass is 466 g/mol. The van der Waals surface area contributed by atoms with Gasteiger partial charge in [0.05, 0.1) is 5.03 Å². The number of carbonyl (C=O) groups excluding carboxylic acids is 1. The Bertz CT molecular complexity index is 1220. The van der Waals surface area contributed by atoms with Crippen LogP contribution >= 0.6 is 23.1 Å². The van der Waals surface area contributed by atoms with E-state index in [9.17, 15) is 14.0 Å². The number of nitrogens with zero attached hydrogens (tertiary/aromatic N) is 1. The lowest BCUT2D eigenvalue weighted by Crippen LogP contribution is -2.34. The number of hydrogen-bond donors (Lipinski definition) is 1. The van der Waals surface area contributed by atoms with Crippen molar-refractivity contribution in [3.63, 3.8) is 0 Å². The van der Waals surface area contributed by atoms with E-state index in [0.717, 1.165) is 21.2 Å². The summed E-state index contributed by atoms with van der Waals surface area (Å²) in [6.07, 6.45) is 3.73. The van der Waals surface area contributed by atoms with Gasteiger partial charge >= 0.3 is 4.87 Å². The fraction of sp³-hybridized carbons (Fsp3) is 0.360. The van der Waals surface area contributed by atoms with Crippen LogP contribution < -0.4 is 10.2 Å². The summed E-state index contributed by atoms with van der Waals surface area (Å²) in [6.45, 7) is 0.00812. The maximum atomic E-state index is 13.7. The highest BCUT2D eigenvalue weighted by molar-refractivity contribution is 8.00. The van der Waals surface area contributed by atoms with E-state index in [1.54, 1.807) is 4.57 Å². The highest BCUT2D eigenvalue weighted by Gasteiger charge is 2.55. The van der Waals surface area contributed by atoms with Crippen LogP contribution in [0.25, 0.3) is 0 Å². The average molecular weight is 467 g/mol. The summed E-state index contributed by atoms with van der Waals surface area (Å²) in [4.78, 5) is 26.8. The molecule has 1 aliphatic heterocycles. The van der Waals surface area contributed by atoms with E-state index in [1.165, 1.54) is 42.7 Å². The van der Waals surface area contributed by atoms with Gasteiger partial charge in [-0.1, -0.05) is 41.7 Å². The molecule has 2 saturated carbocycles. The Hall–Kier alpha value is -2.38. The van der Waals surface area contributed by atoms with Crippen molar-refractivity contribution in [3.8, 4) is 0 Å². The molecule has 2 heterocycles. The topological polar surface area (TPSA) is 51.1 Å². The van der Waals surface area contributed by atoms with Crippen LogP contribution in [0.1, 0.15) is 35.6 Å². The van der Waals surface area contributed by atoms with Crippen LogP contribution in [0.5, 0.6) is 0 Å². The van der Waals surface area contributed by atoms with E-state index < -0.39 is 0 Å². The lowest BCUT2D eigenvalue weighted by atomic mass is 9.75. The van der Waals surface area contributed by atoms with Crippen molar-refractivity contribution in [3.05, 3.63) is 80.5 Å². The van der Waals surface area contributed by atoms with Crippen LogP contribution in [-0.4, -0.2) is 15.7 Å². The van der Waals surface area contributed by atoms with Crippen molar-refractivity contribution in [1.29, 1.82) is 0 Å². The van der Waals surface area contributed by atoms with Gasteiger partial charge in [0.25, 0.3) is 0 Å². The fourth-order valence-corrected chi connectivity index (χ4v) is 9.15. The molecule has 32 heavy (non-hydrogen) atoms. The number of thiazole rings is 1. The Labute approximate surface area is 193 Å². The normalized spacial score (nSPS) is 27.7. The summed E-state index contributed by atoms with van der Waals surface area (Å²) in [5.41, 5.74) is 1.80. The zero-order chi connectivity index (χ0) is 21.8. The summed E-state index contributed by atoms with van der Waals surface area (Å²) in [6, 6.07) is 16.1. The second-order valence-corrected chi connectivity index (χ2v) is 11.2. The molecule has 0 saturated heterocycles. The third kappa shape index (κ3) is 3.33. The minimum Gasteiger partial charge on any atom is -0.325 e. The van der Waals surface area contributed by atoms with Crippen molar-refractivity contribution >= 4 is 34.7 Å². The third-order valence-electron chi connectivity index (χ3n) is 7.28. The smallest absolute Gasteiger partial charge is 0.308 e. The maximum absolute atomic E-state index is 13.7. The summed E-state index contributed by atoms with van der Waals surface area (Å²) >= 11 is 3.07. The molecule has 3 aromatic rings. The molecule has 2 fully saturated rings. The minimum absolute atomic E-state index is 0.00812. The average Bonchev–Trinajstić information content (AvgIpc) is 3.48. The molecule has 1 N–H and O–H groups in total. The summed E-state index contributed by atoms with van der Waals surface area (Å²) < 4.78 is 15.3. The fourth-order valence-electron chi connectivity index (χ4n) is 6.00. The van der Waals surface area contributed by atoms with Gasteiger partial charge in [-0.15, -0.1) is 11.8 Å². The van der Waals surface area contributed by atoms with E-state index in [1.807, 2.05) is 54.2 Å². The first-order valence-electron chi connectivity index (χ1n) is 11.1. The molecule has 4 nitrogen and oxygen atoms in total. The molecule has 0 spiro atoms. The van der Waals surface area contributed by atoms with Crippen LogP contribution in [0.3, 0.4) is 0 Å². The van der Waals surface area contributed by atoms with Crippen molar-refractivity contribution in [1.82, 2.24) is 4.57 Å². The SMILES string of the molecule is O=C(Cn1c2c(sc1=O)[C@H](c1ccc(F)cc1)C1C3CCC(C3)C1S2)Nc1ccccc1. The highest BCUT2D eigenvalue weighted by atomic mass is 32.2. The largest absolute Gasteiger partial charge is 0.325 e. The Morgan fingerprint density at radius 3 is 2.59 bits per heavy atom. The quantitative estimate of drug-likeness (QED) is 0.565. The zero-order valence-corrected chi connectivity index (χ0v) is 19.0. The molecule has 7 heteroatoms. The molecule has 2 aliphatic carbocycles. The second kappa shape index (κ2) is 7.89. The third-order valence-corrected chi connectivity index (χ3v) is 10.1. The van der Waals surface area contributed by atoms with Crippen LogP contribution in [-0.2, 0) is 11.3 Å². The minimum atomic E-state index is -0.244. The zero-order valence-electron chi connectivity index (χ0n) is 17.4.